The van der Waals surface area contributed by atoms with Crippen molar-refractivity contribution in [2.75, 3.05) is 19.2 Å². The molecule has 8 heavy (non-hydrogen) atoms. The molecule has 0 aliphatic carbocycles. The molecule has 0 heterocycles. The van der Waals surface area contributed by atoms with E-state index in [1.54, 1.807) is 0 Å². The highest BCUT2D eigenvalue weighted by Gasteiger charge is 2.00. The molecule has 0 saturated carbocycles. The van der Waals surface area contributed by atoms with Gasteiger partial charge in [0.2, 0.25) is 0 Å². The fourth-order valence-electron chi connectivity index (χ4n) is 0.236. The van der Waals surface area contributed by atoms with Crippen LogP contribution in [0.1, 0.15) is 0 Å². The Labute approximate surface area is 55.3 Å². The van der Waals surface area contributed by atoms with Crippen LogP contribution >= 0.6 is 19.5 Å². The van der Waals surface area contributed by atoms with Gasteiger partial charge in [-0.2, -0.15) is 0 Å². The second kappa shape index (κ2) is 4.11. The molecular weight excluding hydrogens is 144 g/mol. The first kappa shape index (κ1) is 8.19. The molecule has 4 heteroatoms. The second-order valence-corrected chi connectivity index (χ2v) is 4.12. The summed E-state index contributed by atoms with van der Waals surface area (Å²) >= 11 is 5.39. The van der Waals surface area contributed by atoms with E-state index >= 15 is 0 Å². The van der Waals surface area contributed by atoms with Crippen LogP contribution in [0.4, 0.5) is 0 Å². The Bertz CT molecular complexity index is 94.0. The van der Waals surface area contributed by atoms with Crippen molar-refractivity contribution >= 4 is 25.0 Å². The van der Waals surface area contributed by atoms with Gasteiger partial charge in [0.1, 0.15) is 0 Å². The predicted octanol–water partition coefficient (Wildman–Crippen LogP) is 1.75. The summed E-state index contributed by atoms with van der Waals surface area (Å²) in [6.45, 7) is 3.99. The van der Waals surface area contributed by atoms with Gasteiger partial charge in [-0.05, 0) is 13.3 Å². The van der Waals surface area contributed by atoms with Crippen molar-refractivity contribution in [2.45, 2.75) is 0 Å². The summed E-state index contributed by atoms with van der Waals surface area (Å²) < 4.78 is 0. The molecule has 0 aliphatic rings. The summed E-state index contributed by atoms with van der Waals surface area (Å²) in [5, 5.41) is 11.2. The SMILES string of the molecule is CP(C)C(CCl)=NO. The number of nitrogens with zero attached hydrogens (tertiary/aromatic N) is 1. The molecule has 0 radical (unpaired) electrons. The second-order valence-electron chi connectivity index (χ2n) is 1.54. The van der Waals surface area contributed by atoms with Crippen LogP contribution in [0.2, 0.25) is 0 Å². The lowest BCUT2D eigenvalue weighted by atomic mass is 10.9. The van der Waals surface area contributed by atoms with Crippen LogP contribution in [0.25, 0.3) is 0 Å². The van der Waals surface area contributed by atoms with Gasteiger partial charge in [0.05, 0.1) is 11.3 Å². The van der Waals surface area contributed by atoms with E-state index in [1.807, 2.05) is 13.3 Å². The third-order valence-electron chi connectivity index (χ3n) is 0.751. The summed E-state index contributed by atoms with van der Waals surface area (Å²) in [6.07, 6.45) is 0. The van der Waals surface area contributed by atoms with Gasteiger partial charge in [0, 0.05) is 0 Å². The lowest BCUT2D eigenvalue weighted by Gasteiger charge is -2.01. The largest absolute Gasteiger partial charge is 0.411 e. The minimum Gasteiger partial charge on any atom is -0.411 e. The molecule has 48 valence electrons. The number of hydrogen-bond donors (Lipinski definition) is 1. The van der Waals surface area contributed by atoms with E-state index < -0.39 is 0 Å². The van der Waals surface area contributed by atoms with Crippen LogP contribution in [0.3, 0.4) is 0 Å². The quantitative estimate of drug-likeness (QED) is 0.212. The molecule has 0 saturated heterocycles. The molecule has 1 N–H and O–H groups in total. The van der Waals surface area contributed by atoms with E-state index in [0.29, 0.717) is 11.3 Å². The molecule has 0 spiro atoms. The van der Waals surface area contributed by atoms with Crippen molar-refractivity contribution in [3.63, 3.8) is 0 Å². The van der Waals surface area contributed by atoms with Crippen LogP contribution in [0.15, 0.2) is 5.16 Å². The fraction of sp³-hybridized carbons (Fsp3) is 0.750. The van der Waals surface area contributed by atoms with Gasteiger partial charge in [0.25, 0.3) is 0 Å². The zero-order chi connectivity index (χ0) is 6.57. The van der Waals surface area contributed by atoms with Crippen LogP contribution in [-0.2, 0) is 0 Å². The number of oxime groups is 1. The zero-order valence-electron chi connectivity index (χ0n) is 4.93. The topological polar surface area (TPSA) is 32.6 Å². The summed E-state index contributed by atoms with van der Waals surface area (Å²) in [5.41, 5.74) is 0.696. The van der Waals surface area contributed by atoms with Gasteiger partial charge in [-0.15, -0.1) is 11.6 Å². The first-order valence-corrected chi connectivity index (χ1v) is 4.93. The minimum atomic E-state index is -0.296. The van der Waals surface area contributed by atoms with Crippen molar-refractivity contribution < 1.29 is 5.21 Å². The van der Waals surface area contributed by atoms with Gasteiger partial charge in [-0.1, -0.05) is 13.1 Å². The van der Waals surface area contributed by atoms with Crippen molar-refractivity contribution in [3.8, 4) is 0 Å². The maximum atomic E-state index is 8.22. The first-order valence-electron chi connectivity index (χ1n) is 2.16. The van der Waals surface area contributed by atoms with Gasteiger partial charge in [-0.3, -0.25) is 0 Å². The molecule has 0 unspecified atom stereocenters. The van der Waals surface area contributed by atoms with Gasteiger partial charge < -0.3 is 5.21 Å². The number of alkyl halides is 1. The van der Waals surface area contributed by atoms with Crippen LogP contribution in [-0.4, -0.2) is 29.9 Å². The highest BCUT2D eigenvalue weighted by Crippen LogP contribution is 2.26. The maximum Gasteiger partial charge on any atom is 0.0938 e. The summed E-state index contributed by atoms with van der Waals surface area (Å²) in [7, 11) is -0.296. The van der Waals surface area contributed by atoms with Crippen LogP contribution < -0.4 is 0 Å². The Balaban J connectivity index is 3.72. The van der Waals surface area contributed by atoms with E-state index in [2.05, 4.69) is 5.16 Å². The van der Waals surface area contributed by atoms with E-state index in [0.717, 1.165) is 0 Å². The monoisotopic (exact) mass is 153 g/mol. The van der Waals surface area contributed by atoms with E-state index in [9.17, 15) is 0 Å². The van der Waals surface area contributed by atoms with Crippen molar-refractivity contribution in [2.24, 2.45) is 5.16 Å². The lowest BCUT2D eigenvalue weighted by Crippen LogP contribution is -1.94. The smallest absolute Gasteiger partial charge is 0.0938 e. The molecule has 0 rings (SSSR count). The molecule has 0 aliphatic heterocycles. The van der Waals surface area contributed by atoms with Crippen LogP contribution in [0, 0.1) is 0 Å². The average Bonchev–Trinajstić information content (AvgIpc) is 1.69. The summed E-state index contributed by atoms with van der Waals surface area (Å²) in [4.78, 5) is 0. The minimum absolute atomic E-state index is 0.296. The molecular formula is C4H9ClNOP. The van der Waals surface area contributed by atoms with Gasteiger partial charge in [-0.25, -0.2) is 0 Å². The molecule has 0 bridgehead atoms. The van der Waals surface area contributed by atoms with E-state index in [4.69, 9.17) is 16.8 Å². The number of halogens is 1. The molecule has 0 aromatic carbocycles. The fourth-order valence-corrected chi connectivity index (χ4v) is 1.42. The van der Waals surface area contributed by atoms with E-state index in [-0.39, 0.29) is 7.92 Å². The molecule has 0 aromatic heterocycles. The third-order valence-corrected chi connectivity index (χ3v) is 2.47. The van der Waals surface area contributed by atoms with E-state index in [1.165, 1.54) is 0 Å². The summed E-state index contributed by atoms with van der Waals surface area (Å²) in [6, 6.07) is 0. The first-order chi connectivity index (χ1) is 3.72. The number of rotatable bonds is 2. The summed E-state index contributed by atoms with van der Waals surface area (Å²) in [5.74, 6) is 0.342. The molecule has 0 aromatic rings. The Kier molecular flexibility index (Phi) is 4.20. The van der Waals surface area contributed by atoms with Crippen molar-refractivity contribution in [3.05, 3.63) is 0 Å². The van der Waals surface area contributed by atoms with Crippen molar-refractivity contribution in [1.29, 1.82) is 0 Å². The van der Waals surface area contributed by atoms with Crippen molar-refractivity contribution in [1.82, 2.24) is 0 Å². The highest BCUT2D eigenvalue weighted by molar-refractivity contribution is 7.74. The third kappa shape index (κ3) is 2.49. The zero-order valence-corrected chi connectivity index (χ0v) is 6.58. The molecule has 0 amide bonds. The molecule has 2 nitrogen and oxygen atoms in total. The Morgan fingerprint density at radius 1 is 1.75 bits per heavy atom. The van der Waals surface area contributed by atoms with Crippen LogP contribution in [0.5, 0.6) is 0 Å². The standard InChI is InChI=1S/C4H9ClNOP/c1-8(2)4(3-5)6-7/h7H,3H2,1-2H3. The predicted molar refractivity (Wildman–Crippen MR) is 38.7 cm³/mol. The van der Waals surface area contributed by atoms with Gasteiger partial charge in [0.15, 0.2) is 0 Å². The molecule has 0 fully saturated rings. The Morgan fingerprint density at radius 3 is 2.25 bits per heavy atom. The Morgan fingerprint density at radius 2 is 2.25 bits per heavy atom. The number of hydrogen-bond acceptors (Lipinski definition) is 2. The Hall–Kier alpha value is 0.190. The highest BCUT2D eigenvalue weighted by atomic mass is 35.5. The van der Waals surface area contributed by atoms with Gasteiger partial charge >= 0.3 is 0 Å². The normalized spacial score (nSPS) is 12.8. The molecule has 0 atom stereocenters. The maximum absolute atomic E-state index is 8.22. The average molecular weight is 154 g/mol. The lowest BCUT2D eigenvalue weighted by molar-refractivity contribution is 0.320.